The second-order valence-corrected chi connectivity index (χ2v) is 24.9. The lowest BCUT2D eigenvalue weighted by atomic mass is 9.84. The molecule has 12 atom stereocenters. The van der Waals surface area contributed by atoms with Crippen molar-refractivity contribution in [1.82, 2.24) is 51.5 Å². The van der Waals surface area contributed by atoms with Crippen LogP contribution in [-0.2, 0) is 67.3 Å². The van der Waals surface area contributed by atoms with E-state index in [1.54, 1.807) is 35.2 Å². The van der Waals surface area contributed by atoms with Crippen LogP contribution in [0.5, 0.6) is 0 Å². The lowest BCUT2D eigenvalue weighted by Gasteiger charge is -2.43. The van der Waals surface area contributed by atoms with Gasteiger partial charge in [-0.1, -0.05) is 67.4 Å². The maximum Gasteiger partial charge on any atom is 0.246 e. The predicted molar refractivity (Wildman–Crippen MR) is 343 cm³/mol. The molecule has 0 spiro atoms. The maximum atomic E-state index is 15.5. The van der Waals surface area contributed by atoms with Crippen LogP contribution in [-0.4, -0.2) is 214 Å². The Morgan fingerprint density at radius 1 is 0.677 bits per heavy atom. The number of nitrogens with one attached hydrogen (secondary N) is 6. The van der Waals surface area contributed by atoms with Crippen LogP contribution in [0.1, 0.15) is 113 Å². The Hall–Kier alpha value is -9.13. The molecule has 2 aromatic carbocycles. The van der Waals surface area contributed by atoms with Gasteiger partial charge in [0.2, 0.25) is 59.1 Å². The summed E-state index contributed by atoms with van der Waals surface area (Å²) in [4.78, 5) is 163. The normalized spacial score (nSPS) is 24.8. The van der Waals surface area contributed by atoms with E-state index in [0.29, 0.717) is 37.7 Å². The third-order valence-electron chi connectivity index (χ3n) is 18.3. The molecular formula is C62H92N20O11. The molecule has 31 nitrogen and oxygen atoms in total. The van der Waals surface area contributed by atoms with Gasteiger partial charge in [0.1, 0.15) is 48.3 Å². The monoisotopic (exact) mass is 1290 g/mol. The molecule has 1 aliphatic carbocycles. The van der Waals surface area contributed by atoms with Crippen molar-refractivity contribution in [3.05, 3.63) is 71.3 Å². The number of aliphatic imine (C=N–C) groups is 3. The van der Waals surface area contributed by atoms with Crippen molar-refractivity contribution in [1.29, 1.82) is 0 Å². The predicted octanol–water partition coefficient (Wildman–Crippen LogP) is -4.64. The highest BCUT2D eigenvalue weighted by atomic mass is 16.3. The number of hydrogen-bond donors (Lipinski definition) is 14. The van der Waals surface area contributed by atoms with E-state index >= 15 is 9.59 Å². The number of carbonyl (C=O) groups excluding carboxylic acids is 10. The summed E-state index contributed by atoms with van der Waals surface area (Å²) in [6.45, 7) is -0.489. The first-order valence-electron chi connectivity index (χ1n) is 32.3. The minimum atomic E-state index is -1.39. The standard InChI is InChI=1S/C62H92N20O11/c63-40(17-8-23-71-60(64)65)51(85)77-42(19-10-25-73-62(68)69)56(90)79-27-11-21-46(79)58(92)81-34-39(83)31-47(81)54(88)74-32-50(84)75-44(28-35-12-2-1-3-13-35)53(87)78-43-22-26-70-52(86)41(18-9-24-72-61(66)67)76-55(89)48-30-37-15-6-7-20-45(37)82(48)59(93)49-29-36-14-4-5-16-38(36)33-80(49)57(43)91/h1-5,12-14,16,37,39-49,83H,6-11,15,17-34,63H2,(H,70,86)(H,74,88)(H,75,84)(H,76,89)(H,77,85)(H,78,87)(H4,64,65,71)(H4,66,67,72)(H4,68,69,73)/t37?,39-,40-,41-,42+,43+,44+,45?,46+,47+,48+,49-/m1/s1. The van der Waals surface area contributed by atoms with Crippen LogP contribution < -0.4 is 72.0 Å². The Labute approximate surface area is 540 Å². The fraction of sp³-hybridized carbons (Fsp3) is 0.597. The van der Waals surface area contributed by atoms with E-state index < -0.39 is 126 Å². The summed E-state index contributed by atoms with van der Waals surface area (Å²) in [6, 6.07) is 5.49. The zero-order valence-electron chi connectivity index (χ0n) is 52.5. The number of nitrogens with zero attached hydrogens (tertiary/aromatic N) is 7. The summed E-state index contributed by atoms with van der Waals surface area (Å²) in [7, 11) is 0. The number of amides is 10. The van der Waals surface area contributed by atoms with Crippen LogP contribution in [0.4, 0.5) is 0 Å². The van der Waals surface area contributed by atoms with Gasteiger partial charge in [0.05, 0.1) is 18.7 Å². The number of guanidine groups is 3. The number of rotatable bonds is 24. The summed E-state index contributed by atoms with van der Waals surface area (Å²) in [5.74, 6) is -6.76. The van der Waals surface area contributed by atoms with E-state index in [1.165, 1.54) is 14.7 Å². The van der Waals surface area contributed by atoms with E-state index in [-0.39, 0.29) is 133 Å². The van der Waals surface area contributed by atoms with E-state index in [1.807, 2.05) is 24.3 Å². The molecule has 21 N–H and O–H groups in total. The number of nitrogens with two attached hydrogens (primary N) is 7. The zero-order chi connectivity index (χ0) is 66.9. The molecule has 2 aromatic rings. The van der Waals surface area contributed by atoms with Crippen molar-refractivity contribution in [3.63, 3.8) is 0 Å². The first kappa shape index (κ1) is 69.8. The van der Waals surface area contributed by atoms with Gasteiger partial charge in [0.15, 0.2) is 17.9 Å². The van der Waals surface area contributed by atoms with Gasteiger partial charge in [0, 0.05) is 71.1 Å². The second kappa shape index (κ2) is 32.9. The molecule has 506 valence electrons. The van der Waals surface area contributed by atoms with Crippen LogP contribution in [0.25, 0.3) is 0 Å². The molecule has 6 aliphatic rings. The van der Waals surface area contributed by atoms with Gasteiger partial charge in [-0.2, -0.15) is 0 Å². The molecule has 2 unspecified atom stereocenters. The third kappa shape index (κ3) is 18.6. The Bertz CT molecular complexity index is 3120. The quantitative estimate of drug-likeness (QED) is 0.0267. The Morgan fingerprint density at radius 3 is 2.05 bits per heavy atom. The highest BCUT2D eigenvalue weighted by molar-refractivity contribution is 5.99. The van der Waals surface area contributed by atoms with E-state index in [0.717, 1.165) is 30.4 Å². The average Bonchev–Trinajstić information content (AvgIpc) is 1.71. The van der Waals surface area contributed by atoms with E-state index in [2.05, 4.69) is 46.9 Å². The maximum absolute atomic E-state index is 15.5. The number of aliphatic hydroxyl groups excluding tert-OH is 1. The highest BCUT2D eigenvalue weighted by Crippen LogP contribution is 2.41. The smallest absolute Gasteiger partial charge is 0.246 e. The second-order valence-electron chi connectivity index (χ2n) is 24.9. The third-order valence-corrected chi connectivity index (χ3v) is 18.3. The van der Waals surface area contributed by atoms with Gasteiger partial charge in [-0.15, -0.1) is 0 Å². The summed E-state index contributed by atoms with van der Waals surface area (Å²) in [6.07, 6.45) is 4.03. The average molecular weight is 1290 g/mol. The van der Waals surface area contributed by atoms with Crippen LogP contribution in [0.15, 0.2) is 69.6 Å². The topological polar surface area (TPSA) is 495 Å². The summed E-state index contributed by atoms with van der Waals surface area (Å²) in [5, 5.41) is 27.7. The molecule has 1 saturated carbocycles. The number of carbonyl (C=O) groups is 10. The number of β-amino-alcohol motifs (C(OH)–C–C–N with tert-alkyl or cyclic N) is 1. The van der Waals surface area contributed by atoms with Gasteiger partial charge in [-0.25, -0.2) is 0 Å². The van der Waals surface area contributed by atoms with Crippen molar-refractivity contribution in [2.45, 2.75) is 182 Å². The minimum absolute atomic E-state index is 0.00758. The molecule has 0 aromatic heterocycles. The number of benzene rings is 2. The molecule has 10 amide bonds. The highest BCUT2D eigenvalue weighted by Gasteiger charge is 2.52. The van der Waals surface area contributed by atoms with Crippen molar-refractivity contribution in [2.24, 2.45) is 61.0 Å². The summed E-state index contributed by atoms with van der Waals surface area (Å²) >= 11 is 0. The number of hydrogen-bond acceptors (Lipinski definition) is 15. The number of aliphatic hydroxyl groups is 1. The Balaban J connectivity index is 0.985. The van der Waals surface area contributed by atoms with Gasteiger partial charge in [-0.05, 0) is 99.7 Å². The molecule has 5 aliphatic heterocycles. The van der Waals surface area contributed by atoms with Gasteiger partial charge in [0.25, 0.3) is 0 Å². The molecule has 5 fully saturated rings. The lowest BCUT2D eigenvalue weighted by molar-refractivity contribution is -0.153. The first-order valence-corrected chi connectivity index (χ1v) is 32.3. The number of fused-ring (bicyclic) bond motifs is 5. The molecule has 93 heavy (non-hydrogen) atoms. The fourth-order valence-corrected chi connectivity index (χ4v) is 13.7. The van der Waals surface area contributed by atoms with Crippen molar-refractivity contribution in [2.75, 3.05) is 45.8 Å². The van der Waals surface area contributed by atoms with Gasteiger partial charge in [-0.3, -0.25) is 62.9 Å². The lowest BCUT2D eigenvalue weighted by Crippen LogP contribution is -2.63. The van der Waals surface area contributed by atoms with Gasteiger partial charge < -0.3 is 96.7 Å². The van der Waals surface area contributed by atoms with Crippen molar-refractivity contribution in [3.8, 4) is 0 Å². The molecule has 31 heteroatoms. The van der Waals surface area contributed by atoms with Gasteiger partial charge >= 0.3 is 0 Å². The van der Waals surface area contributed by atoms with Crippen LogP contribution in [0, 0.1) is 5.92 Å². The fourth-order valence-electron chi connectivity index (χ4n) is 13.7. The first-order chi connectivity index (χ1) is 44.6. The summed E-state index contributed by atoms with van der Waals surface area (Å²) < 4.78 is 0. The molecule has 0 radical (unpaired) electrons. The summed E-state index contributed by atoms with van der Waals surface area (Å²) in [5.41, 5.74) is 41.5. The molecular weight excluding hydrogens is 1200 g/mol. The van der Waals surface area contributed by atoms with Crippen LogP contribution >= 0.6 is 0 Å². The van der Waals surface area contributed by atoms with Crippen molar-refractivity contribution >= 4 is 77.0 Å². The Morgan fingerprint density at radius 2 is 1.34 bits per heavy atom. The molecule has 8 rings (SSSR count). The van der Waals surface area contributed by atoms with E-state index in [9.17, 15) is 43.5 Å². The zero-order valence-corrected chi connectivity index (χ0v) is 52.5. The van der Waals surface area contributed by atoms with Crippen LogP contribution in [0.2, 0.25) is 0 Å². The van der Waals surface area contributed by atoms with Crippen LogP contribution in [0.3, 0.4) is 0 Å². The molecule has 0 bridgehead atoms. The molecule has 4 saturated heterocycles. The SMILES string of the molecule is NC(N)=NCCC[C@@H](N)C(=O)N[C@@H](CCCN=C(N)N)C(=O)N1CCC[C@H]1C(=O)N1C[C@H](O)C[C@H]1C(=O)NCC(=O)N[C@@H](Cc1ccccc1)C(=O)N[C@H]1CCNC(=O)[C@@H](CCCN=C(N)N)NC(=O)[C@@H]2CC3CCCCC3N2C(=O)[C@H]2Cc3ccccc3CN2C1=O. The number of likely N-dealkylation sites (tertiary alicyclic amines) is 2. The Kier molecular flexibility index (Phi) is 24.7. The largest absolute Gasteiger partial charge is 0.391 e. The van der Waals surface area contributed by atoms with E-state index in [4.69, 9.17) is 40.1 Å². The minimum Gasteiger partial charge on any atom is -0.391 e. The molecule has 5 heterocycles. The van der Waals surface area contributed by atoms with Crippen molar-refractivity contribution < 1.29 is 53.1 Å².